The van der Waals surface area contributed by atoms with E-state index in [0.29, 0.717) is 13.1 Å². The first-order valence-electron chi connectivity index (χ1n) is 8.58. The van der Waals surface area contributed by atoms with Gasteiger partial charge in [0, 0.05) is 45.8 Å². The van der Waals surface area contributed by atoms with Crippen LogP contribution in [0.5, 0.6) is 0 Å². The second kappa shape index (κ2) is 9.03. The molecule has 1 aliphatic heterocycles. The van der Waals surface area contributed by atoms with Crippen LogP contribution >= 0.6 is 12.4 Å². The van der Waals surface area contributed by atoms with E-state index in [9.17, 15) is 9.59 Å². The molecule has 0 bridgehead atoms. The molecular formula is C17H26ClN5O2. The van der Waals surface area contributed by atoms with Crippen LogP contribution in [-0.2, 0) is 17.9 Å². The third-order valence-corrected chi connectivity index (χ3v) is 4.50. The number of aryl methyl sites for hydroxylation is 1. The van der Waals surface area contributed by atoms with Crippen LogP contribution in [0.3, 0.4) is 0 Å². The highest BCUT2D eigenvalue weighted by molar-refractivity contribution is 5.85. The van der Waals surface area contributed by atoms with Gasteiger partial charge >= 0.3 is 5.69 Å². The fourth-order valence-electron chi connectivity index (χ4n) is 3.22. The minimum absolute atomic E-state index is 0. The van der Waals surface area contributed by atoms with Gasteiger partial charge in [0.2, 0.25) is 5.91 Å². The molecule has 0 saturated carbocycles. The van der Waals surface area contributed by atoms with Gasteiger partial charge < -0.3 is 10.6 Å². The summed E-state index contributed by atoms with van der Waals surface area (Å²) in [6.45, 7) is 8.08. The smallest absolute Gasteiger partial charge is 0.329 e. The number of aromatic nitrogens is 2. The van der Waals surface area contributed by atoms with Gasteiger partial charge in [-0.15, -0.1) is 12.4 Å². The number of benzene rings is 1. The number of hydrogen-bond donors (Lipinski definition) is 2. The van der Waals surface area contributed by atoms with E-state index in [-0.39, 0.29) is 30.5 Å². The number of para-hydroxylation sites is 2. The minimum atomic E-state index is -0.129. The van der Waals surface area contributed by atoms with Crippen molar-refractivity contribution < 1.29 is 4.79 Å². The summed E-state index contributed by atoms with van der Waals surface area (Å²) in [5, 5.41) is 6.24. The Kier molecular flexibility index (Phi) is 7.04. The maximum atomic E-state index is 12.5. The Morgan fingerprint density at radius 3 is 2.44 bits per heavy atom. The molecule has 0 aliphatic carbocycles. The van der Waals surface area contributed by atoms with Crippen molar-refractivity contribution in [3.05, 3.63) is 34.7 Å². The number of imidazole rings is 1. The van der Waals surface area contributed by atoms with Crippen LogP contribution in [0, 0.1) is 0 Å². The summed E-state index contributed by atoms with van der Waals surface area (Å²) < 4.78 is 3.25. The quantitative estimate of drug-likeness (QED) is 0.768. The number of halogens is 1. The molecule has 1 aromatic carbocycles. The van der Waals surface area contributed by atoms with E-state index in [1.807, 2.05) is 31.2 Å². The number of fused-ring (bicyclic) bond motifs is 1. The number of hydrogen-bond acceptors (Lipinski definition) is 4. The van der Waals surface area contributed by atoms with Crippen molar-refractivity contribution in [3.8, 4) is 0 Å². The van der Waals surface area contributed by atoms with Crippen molar-refractivity contribution in [2.24, 2.45) is 0 Å². The summed E-state index contributed by atoms with van der Waals surface area (Å²) in [6.07, 6.45) is 0. The molecule has 8 heteroatoms. The summed E-state index contributed by atoms with van der Waals surface area (Å²) >= 11 is 0. The normalized spacial score (nSPS) is 15.1. The van der Waals surface area contributed by atoms with Crippen molar-refractivity contribution in [1.29, 1.82) is 0 Å². The molecule has 0 unspecified atom stereocenters. The Hall–Kier alpha value is -1.83. The minimum Gasteiger partial charge on any atom is -0.353 e. The van der Waals surface area contributed by atoms with Crippen LogP contribution in [0.15, 0.2) is 29.1 Å². The van der Waals surface area contributed by atoms with Crippen LogP contribution in [-0.4, -0.2) is 59.2 Å². The fourth-order valence-corrected chi connectivity index (χ4v) is 3.22. The molecule has 1 fully saturated rings. The maximum absolute atomic E-state index is 12.5. The predicted molar refractivity (Wildman–Crippen MR) is 101 cm³/mol. The molecule has 7 nitrogen and oxygen atoms in total. The monoisotopic (exact) mass is 367 g/mol. The Labute approximate surface area is 153 Å². The van der Waals surface area contributed by atoms with Crippen LogP contribution in [0.2, 0.25) is 0 Å². The Morgan fingerprint density at radius 1 is 1.16 bits per heavy atom. The molecule has 1 aromatic heterocycles. The molecule has 3 rings (SSSR count). The summed E-state index contributed by atoms with van der Waals surface area (Å²) in [6, 6.07) is 7.60. The average molecular weight is 368 g/mol. The van der Waals surface area contributed by atoms with Crippen molar-refractivity contribution in [3.63, 3.8) is 0 Å². The zero-order valence-corrected chi connectivity index (χ0v) is 15.3. The van der Waals surface area contributed by atoms with Gasteiger partial charge in [0.15, 0.2) is 0 Å². The number of rotatable bonds is 6. The van der Waals surface area contributed by atoms with Gasteiger partial charge in [0.25, 0.3) is 0 Å². The van der Waals surface area contributed by atoms with E-state index in [1.165, 1.54) is 0 Å². The molecule has 2 heterocycles. The largest absolute Gasteiger partial charge is 0.353 e. The summed E-state index contributed by atoms with van der Waals surface area (Å²) in [5.74, 6) is -0.119. The van der Waals surface area contributed by atoms with Crippen LogP contribution in [0.4, 0.5) is 0 Å². The first-order chi connectivity index (χ1) is 11.7. The Balaban J connectivity index is 0.00000225. The third kappa shape index (κ3) is 4.42. The molecule has 2 N–H and O–H groups in total. The third-order valence-electron chi connectivity index (χ3n) is 4.50. The van der Waals surface area contributed by atoms with Crippen molar-refractivity contribution >= 4 is 29.3 Å². The van der Waals surface area contributed by atoms with E-state index >= 15 is 0 Å². The van der Waals surface area contributed by atoms with E-state index in [4.69, 9.17) is 0 Å². The first-order valence-corrected chi connectivity index (χ1v) is 8.58. The van der Waals surface area contributed by atoms with Crippen molar-refractivity contribution in [1.82, 2.24) is 24.7 Å². The number of carbonyl (C=O) groups is 1. The molecule has 1 aliphatic rings. The van der Waals surface area contributed by atoms with Crippen LogP contribution in [0.1, 0.15) is 6.92 Å². The van der Waals surface area contributed by atoms with Crippen LogP contribution < -0.4 is 16.3 Å². The molecule has 25 heavy (non-hydrogen) atoms. The predicted octanol–water partition coefficient (Wildman–Crippen LogP) is 0.266. The number of piperazine rings is 1. The first kappa shape index (κ1) is 19.5. The van der Waals surface area contributed by atoms with Gasteiger partial charge in [-0.25, -0.2) is 4.79 Å². The number of nitrogens with one attached hydrogen (secondary N) is 2. The van der Waals surface area contributed by atoms with Crippen molar-refractivity contribution in [2.45, 2.75) is 20.0 Å². The van der Waals surface area contributed by atoms with Crippen LogP contribution in [0.25, 0.3) is 11.0 Å². The lowest BCUT2D eigenvalue weighted by Gasteiger charge is -2.27. The van der Waals surface area contributed by atoms with Gasteiger partial charge in [-0.2, -0.15) is 0 Å². The lowest BCUT2D eigenvalue weighted by atomic mass is 10.3. The average Bonchev–Trinajstić information content (AvgIpc) is 2.87. The molecule has 2 aromatic rings. The summed E-state index contributed by atoms with van der Waals surface area (Å²) in [4.78, 5) is 27.1. The number of nitrogens with zero attached hydrogens (tertiary/aromatic N) is 3. The lowest BCUT2D eigenvalue weighted by Crippen LogP contribution is -2.46. The van der Waals surface area contributed by atoms with E-state index in [0.717, 1.165) is 43.8 Å². The lowest BCUT2D eigenvalue weighted by molar-refractivity contribution is -0.121. The zero-order valence-electron chi connectivity index (χ0n) is 14.5. The second-order valence-corrected chi connectivity index (χ2v) is 6.04. The van der Waals surface area contributed by atoms with Crippen molar-refractivity contribution in [2.75, 3.05) is 39.3 Å². The molecular weight excluding hydrogens is 342 g/mol. The highest BCUT2D eigenvalue weighted by Crippen LogP contribution is 2.12. The maximum Gasteiger partial charge on any atom is 0.329 e. The van der Waals surface area contributed by atoms with Gasteiger partial charge in [-0.05, 0) is 19.1 Å². The van der Waals surface area contributed by atoms with E-state index < -0.39 is 0 Å². The highest BCUT2D eigenvalue weighted by Gasteiger charge is 2.14. The second-order valence-electron chi connectivity index (χ2n) is 6.04. The number of carbonyl (C=O) groups excluding carboxylic acids is 1. The highest BCUT2D eigenvalue weighted by atomic mass is 35.5. The standard InChI is InChI=1S/C17H25N5O2.ClH/c1-2-21-14-5-3-4-6-15(14)22(17(21)24)13-16(23)19-9-12-20-10-7-18-8-11-20;/h3-6,18H,2,7-13H2,1H3,(H,19,23);1H. The molecule has 0 radical (unpaired) electrons. The van der Waals surface area contributed by atoms with E-state index in [1.54, 1.807) is 9.13 Å². The SMILES string of the molecule is CCn1c(=O)n(CC(=O)NCCN2CCNCC2)c2ccccc21.Cl. The topological polar surface area (TPSA) is 71.3 Å². The molecule has 1 amide bonds. The van der Waals surface area contributed by atoms with E-state index in [2.05, 4.69) is 15.5 Å². The van der Waals surface area contributed by atoms with Gasteiger partial charge in [-0.3, -0.25) is 18.8 Å². The summed E-state index contributed by atoms with van der Waals surface area (Å²) in [5.41, 5.74) is 1.55. The Bertz CT molecular complexity index is 764. The van der Waals surface area contributed by atoms with Gasteiger partial charge in [-0.1, -0.05) is 12.1 Å². The molecule has 0 spiro atoms. The molecule has 138 valence electrons. The Morgan fingerprint density at radius 2 is 1.80 bits per heavy atom. The fraction of sp³-hybridized carbons (Fsp3) is 0.529. The zero-order chi connectivity index (χ0) is 16.9. The number of amides is 1. The molecule has 1 saturated heterocycles. The summed E-state index contributed by atoms with van der Waals surface area (Å²) in [7, 11) is 0. The van der Waals surface area contributed by atoms with Gasteiger partial charge in [0.05, 0.1) is 11.0 Å². The molecule has 0 atom stereocenters. The van der Waals surface area contributed by atoms with Gasteiger partial charge in [0.1, 0.15) is 6.54 Å².